The summed E-state index contributed by atoms with van der Waals surface area (Å²) in [6.45, 7) is 0. The summed E-state index contributed by atoms with van der Waals surface area (Å²) in [6, 6.07) is 10.1. The van der Waals surface area contributed by atoms with Crippen molar-refractivity contribution < 1.29 is 28.8 Å². The first-order valence-corrected chi connectivity index (χ1v) is 9.22. The van der Waals surface area contributed by atoms with Crippen molar-refractivity contribution in [3.05, 3.63) is 52.9 Å². The second kappa shape index (κ2) is 8.22. The van der Waals surface area contributed by atoms with E-state index in [1.165, 1.54) is 39.8 Å². The number of ketones is 1. The molecule has 0 atom stereocenters. The van der Waals surface area contributed by atoms with Crippen molar-refractivity contribution in [2.75, 3.05) is 28.4 Å². The Kier molecular flexibility index (Phi) is 5.75. The molecule has 1 heterocycles. The Morgan fingerprint density at radius 2 is 1.50 bits per heavy atom. The normalized spacial score (nSPS) is 10.4. The average molecular weight is 400 g/mol. The Morgan fingerprint density at radius 1 is 0.857 bits per heavy atom. The number of thiophene rings is 1. The minimum atomic E-state index is -0.304. The molecule has 28 heavy (non-hydrogen) atoms. The first-order chi connectivity index (χ1) is 13.5. The lowest BCUT2D eigenvalue weighted by Gasteiger charge is -2.14. The highest BCUT2D eigenvalue weighted by atomic mass is 32.1. The molecule has 1 aromatic heterocycles. The van der Waals surface area contributed by atoms with Crippen LogP contribution in [0.5, 0.6) is 28.7 Å². The van der Waals surface area contributed by atoms with Gasteiger partial charge in [-0.05, 0) is 35.7 Å². The summed E-state index contributed by atoms with van der Waals surface area (Å²) < 4.78 is 21.3. The third-order valence-corrected chi connectivity index (χ3v) is 5.26. The van der Waals surface area contributed by atoms with E-state index >= 15 is 0 Å². The Morgan fingerprint density at radius 3 is 2.07 bits per heavy atom. The van der Waals surface area contributed by atoms with Gasteiger partial charge >= 0.3 is 0 Å². The number of methoxy groups -OCH3 is 4. The van der Waals surface area contributed by atoms with Crippen LogP contribution < -0.4 is 18.9 Å². The van der Waals surface area contributed by atoms with Crippen LogP contribution in [-0.2, 0) is 0 Å². The zero-order valence-corrected chi connectivity index (χ0v) is 16.8. The number of benzene rings is 2. The van der Waals surface area contributed by atoms with Gasteiger partial charge in [-0.15, -0.1) is 11.3 Å². The number of hydrogen-bond acceptors (Lipinski definition) is 7. The van der Waals surface area contributed by atoms with Crippen molar-refractivity contribution >= 4 is 17.1 Å². The SMILES string of the molecule is COc1cccc(C(=O)c2ccsc2-c2cc(OC)c(OC)c(OC)c2)c1O. The molecule has 0 aliphatic carbocycles. The molecule has 0 fully saturated rings. The fraction of sp³-hybridized carbons (Fsp3) is 0.190. The second-order valence-electron chi connectivity index (χ2n) is 5.76. The van der Waals surface area contributed by atoms with E-state index in [1.54, 1.807) is 36.4 Å². The Bertz CT molecular complexity index is 983. The van der Waals surface area contributed by atoms with Gasteiger partial charge in [0.25, 0.3) is 0 Å². The van der Waals surface area contributed by atoms with Crippen LogP contribution in [0.15, 0.2) is 41.8 Å². The summed E-state index contributed by atoms with van der Waals surface area (Å²) in [7, 11) is 6.05. The Balaban J connectivity index is 2.12. The lowest BCUT2D eigenvalue weighted by Crippen LogP contribution is -2.03. The van der Waals surface area contributed by atoms with Crippen LogP contribution in [0.25, 0.3) is 10.4 Å². The Hall–Kier alpha value is -3.19. The zero-order chi connectivity index (χ0) is 20.3. The van der Waals surface area contributed by atoms with Gasteiger partial charge in [0.1, 0.15) is 0 Å². The molecule has 0 radical (unpaired) electrons. The molecule has 7 heteroatoms. The number of hydrogen-bond donors (Lipinski definition) is 1. The van der Waals surface area contributed by atoms with Crippen LogP contribution in [-0.4, -0.2) is 39.3 Å². The lowest BCUT2D eigenvalue weighted by atomic mass is 9.99. The monoisotopic (exact) mass is 400 g/mol. The highest BCUT2D eigenvalue weighted by Crippen LogP contribution is 2.44. The number of aromatic hydroxyl groups is 1. The third-order valence-electron chi connectivity index (χ3n) is 4.30. The second-order valence-corrected chi connectivity index (χ2v) is 6.68. The molecule has 3 rings (SSSR count). The highest BCUT2D eigenvalue weighted by Gasteiger charge is 2.23. The molecule has 0 aliphatic rings. The van der Waals surface area contributed by atoms with Crippen LogP contribution in [0.1, 0.15) is 15.9 Å². The van der Waals surface area contributed by atoms with Crippen LogP contribution >= 0.6 is 11.3 Å². The third kappa shape index (κ3) is 3.36. The first kappa shape index (κ1) is 19.6. The fourth-order valence-corrected chi connectivity index (χ4v) is 3.82. The molecule has 0 unspecified atom stereocenters. The van der Waals surface area contributed by atoms with Crippen molar-refractivity contribution in [1.29, 1.82) is 0 Å². The van der Waals surface area contributed by atoms with Crippen LogP contribution in [0.2, 0.25) is 0 Å². The molecule has 2 aromatic carbocycles. The van der Waals surface area contributed by atoms with E-state index in [4.69, 9.17) is 18.9 Å². The van der Waals surface area contributed by atoms with Crippen molar-refractivity contribution in [3.63, 3.8) is 0 Å². The number of carbonyl (C=O) groups excluding carboxylic acids is 1. The molecule has 0 aliphatic heterocycles. The topological polar surface area (TPSA) is 74.2 Å². The number of rotatable bonds is 7. The predicted octanol–water partition coefficient (Wildman–Crippen LogP) is 4.39. The number of carbonyl (C=O) groups is 1. The maximum Gasteiger partial charge on any atom is 0.203 e. The number of ether oxygens (including phenoxy) is 4. The number of phenolic OH excluding ortho intramolecular Hbond substituents is 1. The maximum absolute atomic E-state index is 13.1. The smallest absolute Gasteiger partial charge is 0.203 e. The zero-order valence-electron chi connectivity index (χ0n) is 15.9. The van der Waals surface area contributed by atoms with Crippen molar-refractivity contribution in [1.82, 2.24) is 0 Å². The molecule has 3 aromatic rings. The minimum absolute atomic E-state index is 0.173. The van der Waals surface area contributed by atoms with E-state index in [9.17, 15) is 9.90 Å². The summed E-state index contributed by atoms with van der Waals surface area (Å²) in [5, 5.41) is 12.2. The quantitative estimate of drug-likeness (QED) is 0.593. The molecule has 6 nitrogen and oxygen atoms in total. The van der Waals surface area contributed by atoms with Gasteiger partial charge in [-0.1, -0.05) is 6.07 Å². The molecule has 146 valence electrons. The summed E-state index contributed by atoms with van der Waals surface area (Å²) >= 11 is 1.41. The molecular formula is C21H20O6S. The maximum atomic E-state index is 13.1. The number of para-hydroxylation sites is 1. The van der Waals surface area contributed by atoms with Crippen LogP contribution in [0.3, 0.4) is 0 Å². The van der Waals surface area contributed by atoms with E-state index < -0.39 is 0 Å². The molecule has 1 N–H and O–H groups in total. The molecule has 0 spiro atoms. The predicted molar refractivity (Wildman–Crippen MR) is 108 cm³/mol. The number of phenols is 1. The van der Waals surface area contributed by atoms with Crippen molar-refractivity contribution in [2.45, 2.75) is 0 Å². The van der Waals surface area contributed by atoms with Gasteiger partial charge in [0.05, 0.1) is 34.0 Å². The van der Waals surface area contributed by atoms with Gasteiger partial charge in [0.15, 0.2) is 28.8 Å². The molecule has 0 saturated carbocycles. The average Bonchev–Trinajstić information content (AvgIpc) is 3.22. The van der Waals surface area contributed by atoms with Crippen molar-refractivity contribution in [2.24, 2.45) is 0 Å². The summed E-state index contributed by atoms with van der Waals surface area (Å²) in [5.74, 6) is 1.22. The molecule has 0 amide bonds. The standard InChI is InChI=1S/C21H20O6S/c1-24-15-7-5-6-13(19(15)23)18(22)14-8-9-28-21(14)12-10-16(25-2)20(27-4)17(11-12)26-3/h5-11,23H,1-4H3. The Labute approximate surface area is 166 Å². The minimum Gasteiger partial charge on any atom is -0.504 e. The van der Waals surface area contributed by atoms with Crippen LogP contribution in [0.4, 0.5) is 0 Å². The van der Waals surface area contributed by atoms with E-state index in [1.807, 2.05) is 5.38 Å². The van der Waals surface area contributed by atoms with Crippen molar-refractivity contribution in [3.8, 4) is 39.2 Å². The van der Waals surface area contributed by atoms with E-state index in [0.29, 0.717) is 22.8 Å². The molecule has 0 saturated heterocycles. The largest absolute Gasteiger partial charge is 0.504 e. The van der Waals surface area contributed by atoms with Gasteiger partial charge in [-0.2, -0.15) is 0 Å². The van der Waals surface area contributed by atoms with Crippen LogP contribution in [0, 0.1) is 0 Å². The van der Waals surface area contributed by atoms with Gasteiger partial charge in [0.2, 0.25) is 5.75 Å². The van der Waals surface area contributed by atoms with E-state index in [-0.39, 0.29) is 22.8 Å². The highest BCUT2D eigenvalue weighted by molar-refractivity contribution is 7.14. The van der Waals surface area contributed by atoms with Gasteiger partial charge in [0, 0.05) is 16.0 Å². The van der Waals surface area contributed by atoms with Gasteiger partial charge in [-0.3, -0.25) is 4.79 Å². The summed E-state index contributed by atoms with van der Waals surface area (Å²) in [5.41, 5.74) is 1.38. The molecule has 0 bridgehead atoms. The summed E-state index contributed by atoms with van der Waals surface area (Å²) in [4.78, 5) is 13.9. The molecular weight excluding hydrogens is 380 g/mol. The van der Waals surface area contributed by atoms with E-state index in [0.717, 1.165) is 10.4 Å². The fourth-order valence-electron chi connectivity index (χ4n) is 2.94. The van der Waals surface area contributed by atoms with E-state index in [2.05, 4.69) is 0 Å². The summed E-state index contributed by atoms with van der Waals surface area (Å²) in [6.07, 6.45) is 0. The first-order valence-electron chi connectivity index (χ1n) is 8.34. The van der Waals surface area contributed by atoms with Gasteiger partial charge in [-0.25, -0.2) is 0 Å². The van der Waals surface area contributed by atoms with Gasteiger partial charge < -0.3 is 24.1 Å². The lowest BCUT2D eigenvalue weighted by molar-refractivity contribution is 0.103.